The Morgan fingerprint density at radius 3 is 2.61 bits per heavy atom. The van der Waals surface area contributed by atoms with Crippen molar-refractivity contribution in [2.45, 2.75) is 57.2 Å². The number of ether oxygens (including phenoxy) is 1. The Hall–Kier alpha value is -2.46. The number of piperidine rings is 1. The second kappa shape index (κ2) is 8.96. The third-order valence-corrected chi connectivity index (χ3v) is 7.49. The van der Waals surface area contributed by atoms with E-state index in [1.165, 1.54) is 7.11 Å². The van der Waals surface area contributed by atoms with Crippen LogP contribution in [0.5, 0.6) is 5.75 Å². The van der Waals surface area contributed by atoms with E-state index in [0.29, 0.717) is 16.9 Å². The molecule has 1 unspecified atom stereocenters. The quantitative estimate of drug-likeness (QED) is 0.654. The minimum atomic E-state index is -3.70. The van der Waals surface area contributed by atoms with Crippen molar-refractivity contribution >= 4 is 15.7 Å². The van der Waals surface area contributed by atoms with Gasteiger partial charge >= 0.3 is 0 Å². The Kier molecular flexibility index (Phi) is 6.70. The van der Waals surface area contributed by atoms with E-state index >= 15 is 0 Å². The summed E-state index contributed by atoms with van der Waals surface area (Å²) in [5.41, 5.74) is 1.12. The van der Waals surface area contributed by atoms with Crippen molar-refractivity contribution in [1.82, 2.24) is 20.8 Å². The maximum atomic E-state index is 13.0. The minimum absolute atomic E-state index is 0.0274. The van der Waals surface area contributed by atoms with Crippen molar-refractivity contribution in [3.05, 3.63) is 35.0 Å². The lowest BCUT2D eigenvalue weighted by Gasteiger charge is -2.39. The lowest BCUT2D eigenvalue weighted by molar-refractivity contribution is -0.122. The fraction of sp³-hybridized carbons (Fsp3) is 0.571. The van der Waals surface area contributed by atoms with Crippen LogP contribution < -0.4 is 15.4 Å². The monoisotopic (exact) mass is 450 g/mol. The van der Waals surface area contributed by atoms with Gasteiger partial charge < -0.3 is 19.9 Å². The summed E-state index contributed by atoms with van der Waals surface area (Å²) >= 11 is 0. The highest BCUT2D eigenvalue weighted by atomic mass is 32.2. The zero-order valence-electron chi connectivity index (χ0n) is 18.6. The molecule has 1 aliphatic heterocycles. The molecule has 0 spiro atoms. The van der Waals surface area contributed by atoms with Crippen molar-refractivity contribution in [2.24, 2.45) is 5.41 Å². The number of benzene rings is 1. The normalized spacial score (nSPS) is 18.5. The summed E-state index contributed by atoms with van der Waals surface area (Å²) in [4.78, 5) is 16.8. The zero-order valence-corrected chi connectivity index (χ0v) is 19.4. The molecule has 2 N–H and O–H groups in total. The Bertz CT molecular complexity index is 1040. The Morgan fingerprint density at radius 2 is 2.00 bits per heavy atom. The molecule has 2 heterocycles. The lowest BCUT2D eigenvalue weighted by atomic mass is 9.80. The zero-order chi connectivity index (χ0) is 22.8. The van der Waals surface area contributed by atoms with Crippen molar-refractivity contribution in [2.75, 3.05) is 20.2 Å². The predicted molar refractivity (Wildman–Crippen MR) is 115 cm³/mol. The standard InChI is InChI=1S/C21H30N4O5S/c1-13-8-15(29-5)9-14(2)20(13)31(27,28)11-17-24-19(30-25-17)10-18(26)23-16-6-7-22-12-21(16,3)4/h8-9,16,22H,6-7,10-12H2,1-5H3,(H,23,26). The lowest BCUT2D eigenvalue weighted by Crippen LogP contribution is -2.54. The van der Waals surface area contributed by atoms with Crippen LogP contribution in [0.1, 0.15) is 43.1 Å². The molecule has 2 aromatic rings. The number of aromatic nitrogens is 2. The maximum absolute atomic E-state index is 13.0. The number of nitrogens with zero attached hydrogens (tertiary/aromatic N) is 2. The number of methoxy groups -OCH3 is 1. The molecule has 0 saturated carbocycles. The highest BCUT2D eigenvalue weighted by molar-refractivity contribution is 7.90. The molecular formula is C21H30N4O5S. The fourth-order valence-electron chi connectivity index (χ4n) is 4.00. The van der Waals surface area contributed by atoms with Crippen LogP contribution in [0.2, 0.25) is 0 Å². The minimum Gasteiger partial charge on any atom is -0.497 e. The molecular weight excluding hydrogens is 420 g/mol. The number of carbonyl (C=O) groups excluding carboxylic acids is 1. The number of amides is 1. The molecule has 9 nitrogen and oxygen atoms in total. The second-order valence-corrected chi connectivity index (χ2v) is 10.6. The van der Waals surface area contributed by atoms with Gasteiger partial charge in [-0.3, -0.25) is 4.79 Å². The maximum Gasteiger partial charge on any atom is 0.236 e. The van der Waals surface area contributed by atoms with Crippen LogP contribution in [0.4, 0.5) is 0 Å². The first kappa shape index (κ1) is 23.2. The summed E-state index contributed by atoms with van der Waals surface area (Å²) in [6, 6.07) is 3.40. The van der Waals surface area contributed by atoms with E-state index in [4.69, 9.17) is 9.26 Å². The highest BCUT2D eigenvalue weighted by Gasteiger charge is 2.33. The van der Waals surface area contributed by atoms with E-state index in [9.17, 15) is 13.2 Å². The van der Waals surface area contributed by atoms with Crippen molar-refractivity contribution in [3.63, 3.8) is 0 Å². The number of hydrogen-bond acceptors (Lipinski definition) is 8. The van der Waals surface area contributed by atoms with E-state index in [2.05, 4.69) is 34.6 Å². The number of rotatable bonds is 7. The molecule has 1 atom stereocenters. The molecule has 31 heavy (non-hydrogen) atoms. The van der Waals surface area contributed by atoms with Crippen LogP contribution in [-0.2, 0) is 26.8 Å². The molecule has 1 aliphatic rings. The second-order valence-electron chi connectivity index (χ2n) is 8.70. The third kappa shape index (κ3) is 5.43. The van der Waals surface area contributed by atoms with Crippen LogP contribution >= 0.6 is 0 Å². The van der Waals surface area contributed by atoms with Crippen molar-refractivity contribution in [3.8, 4) is 5.75 Å². The molecule has 1 saturated heterocycles. The molecule has 0 aliphatic carbocycles. The van der Waals surface area contributed by atoms with Gasteiger partial charge in [0.05, 0.1) is 12.0 Å². The van der Waals surface area contributed by atoms with Crippen LogP contribution in [0.3, 0.4) is 0 Å². The summed E-state index contributed by atoms with van der Waals surface area (Å²) < 4.78 is 36.3. The molecule has 1 aromatic carbocycles. The summed E-state index contributed by atoms with van der Waals surface area (Å²) in [6.07, 6.45) is 0.750. The first-order chi connectivity index (χ1) is 14.5. The first-order valence-electron chi connectivity index (χ1n) is 10.2. The number of carbonyl (C=O) groups is 1. The SMILES string of the molecule is COc1cc(C)c(S(=O)(=O)Cc2noc(CC(=O)NC3CCNCC3(C)C)n2)c(C)c1. The average Bonchev–Trinajstić information content (AvgIpc) is 3.08. The summed E-state index contributed by atoms with van der Waals surface area (Å²) in [5.74, 6) is 0.0869. The van der Waals surface area contributed by atoms with Crippen molar-refractivity contribution < 1.29 is 22.5 Å². The van der Waals surface area contributed by atoms with Gasteiger partial charge in [0.25, 0.3) is 0 Å². The van der Waals surface area contributed by atoms with Gasteiger partial charge in [0.2, 0.25) is 11.8 Å². The summed E-state index contributed by atoms with van der Waals surface area (Å²) in [5, 5.41) is 10.1. The van der Waals surface area contributed by atoms with E-state index in [-0.39, 0.29) is 40.4 Å². The van der Waals surface area contributed by atoms with Gasteiger partial charge in [0.15, 0.2) is 15.7 Å². The van der Waals surface area contributed by atoms with Crippen LogP contribution in [0, 0.1) is 19.3 Å². The smallest absolute Gasteiger partial charge is 0.236 e. The van der Waals surface area contributed by atoms with E-state index in [0.717, 1.165) is 19.5 Å². The summed E-state index contributed by atoms with van der Waals surface area (Å²) in [7, 11) is -2.17. The Balaban J connectivity index is 1.68. The van der Waals surface area contributed by atoms with Gasteiger partial charge in [0, 0.05) is 12.6 Å². The number of aryl methyl sites for hydroxylation is 2. The molecule has 0 radical (unpaired) electrons. The molecule has 1 amide bonds. The van der Waals surface area contributed by atoms with Gasteiger partial charge in [-0.2, -0.15) is 4.98 Å². The number of nitrogens with one attached hydrogen (secondary N) is 2. The molecule has 0 bridgehead atoms. The van der Waals surface area contributed by atoms with E-state index in [1.54, 1.807) is 26.0 Å². The number of sulfone groups is 1. The predicted octanol–water partition coefficient (Wildman–Crippen LogP) is 1.72. The van der Waals surface area contributed by atoms with Crippen LogP contribution in [0.15, 0.2) is 21.6 Å². The molecule has 1 fully saturated rings. The average molecular weight is 451 g/mol. The largest absolute Gasteiger partial charge is 0.497 e. The van der Waals surface area contributed by atoms with Gasteiger partial charge in [0.1, 0.15) is 17.9 Å². The molecule has 170 valence electrons. The van der Waals surface area contributed by atoms with Crippen LogP contribution in [-0.4, -0.2) is 50.7 Å². The fourth-order valence-corrected chi connectivity index (χ4v) is 5.70. The summed E-state index contributed by atoms with van der Waals surface area (Å²) in [6.45, 7) is 9.31. The Morgan fingerprint density at radius 1 is 1.32 bits per heavy atom. The molecule has 3 rings (SSSR count). The van der Waals surface area contributed by atoms with Gasteiger partial charge in [-0.15, -0.1) is 0 Å². The topological polar surface area (TPSA) is 123 Å². The van der Waals surface area contributed by atoms with Crippen molar-refractivity contribution in [1.29, 1.82) is 0 Å². The van der Waals surface area contributed by atoms with E-state index in [1.807, 2.05) is 0 Å². The molecule has 1 aromatic heterocycles. The van der Waals surface area contributed by atoms with Gasteiger partial charge in [-0.1, -0.05) is 19.0 Å². The Labute approximate surface area is 182 Å². The molecule has 10 heteroatoms. The highest BCUT2D eigenvalue weighted by Crippen LogP contribution is 2.28. The first-order valence-corrected chi connectivity index (χ1v) is 11.9. The van der Waals surface area contributed by atoms with Gasteiger partial charge in [-0.05, 0) is 55.5 Å². The van der Waals surface area contributed by atoms with Gasteiger partial charge in [-0.25, -0.2) is 8.42 Å². The number of hydrogen-bond donors (Lipinski definition) is 2. The van der Waals surface area contributed by atoms with Crippen LogP contribution in [0.25, 0.3) is 0 Å². The van der Waals surface area contributed by atoms with E-state index < -0.39 is 15.6 Å². The third-order valence-electron chi connectivity index (χ3n) is 5.59.